The summed E-state index contributed by atoms with van der Waals surface area (Å²) < 4.78 is 0. The van der Waals surface area contributed by atoms with Crippen molar-refractivity contribution in [2.24, 2.45) is 17.6 Å². The highest BCUT2D eigenvalue weighted by Crippen LogP contribution is 2.28. The Morgan fingerprint density at radius 3 is 2.64 bits per heavy atom. The Bertz CT molecular complexity index is 176. The molecule has 1 unspecified atom stereocenters. The van der Waals surface area contributed by atoms with Gasteiger partial charge in [-0.15, -0.1) is 0 Å². The van der Waals surface area contributed by atoms with Crippen molar-refractivity contribution in [2.45, 2.75) is 39.0 Å². The minimum absolute atomic E-state index is 0.155. The Labute approximate surface area is 86.4 Å². The molecule has 82 valence electrons. The molecular weight excluding hydrogens is 176 g/mol. The minimum atomic E-state index is -0.155. The number of carbonyl (C=O) groups excluding carboxylic acids is 1. The molecule has 1 heterocycles. The van der Waals surface area contributed by atoms with E-state index in [1.54, 1.807) is 0 Å². The van der Waals surface area contributed by atoms with Crippen LogP contribution in [0.2, 0.25) is 0 Å². The highest BCUT2D eigenvalue weighted by Gasteiger charge is 2.21. The molecule has 0 spiro atoms. The molecule has 0 aromatic heterocycles. The van der Waals surface area contributed by atoms with Crippen LogP contribution in [0.25, 0.3) is 0 Å². The van der Waals surface area contributed by atoms with Gasteiger partial charge in [-0.2, -0.15) is 0 Å². The van der Waals surface area contributed by atoms with E-state index in [-0.39, 0.29) is 5.91 Å². The normalized spacial score (nSPS) is 20.6. The third-order valence-electron chi connectivity index (χ3n) is 3.34. The molecule has 0 bridgehead atoms. The molecule has 1 fully saturated rings. The first-order valence-electron chi connectivity index (χ1n) is 5.73. The Hall–Kier alpha value is -0.570. The number of primary amides is 1. The van der Waals surface area contributed by atoms with E-state index >= 15 is 0 Å². The topological polar surface area (TPSA) is 55.1 Å². The Kier molecular flexibility index (Phi) is 4.94. The van der Waals surface area contributed by atoms with Crippen LogP contribution >= 0.6 is 0 Å². The van der Waals surface area contributed by atoms with Crippen molar-refractivity contribution in [2.75, 3.05) is 13.1 Å². The first-order valence-corrected chi connectivity index (χ1v) is 5.73. The second-order valence-electron chi connectivity index (χ2n) is 4.26. The molecule has 1 saturated heterocycles. The number of carbonyl (C=O) groups is 1. The lowest BCUT2D eigenvalue weighted by atomic mass is 9.80. The van der Waals surface area contributed by atoms with Gasteiger partial charge in [-0.05, 0) is 44.2 Å². The summed E-state index contributed by atoms with van der Waals surface area (Å²) in [6.07, 6.45) is 5.24. The number of amides is 1. The van der Waals surface area contributed by atoms with Gasteiger partial charge in [0, 0.05) is 6.42 Å². The van der Waals surface area contributed by atoms with E-state index in [0.717, 1.165) is 25.4 Å². The molecule has 1 aliphatic heterocycles. The predicted octanol–water partition coefficient (Wildman–Crippen LogP) is 1.28. The number of hydrogen-bond donors (Lipinski definition) is 2. The third kappa shape index (κ3) is 3.66. The SMILES string of the molecule is CCC(CCC(N)=O)C1CCNCC1. The summed E-state index contributed by atoms with van der Waals surface area (Å²) in [7, 11) is 0. The molecule has 3 N–H and O–H groups in total. The van der Waals surface area contributed by atoms with Gasteiger partial charge in [0.2, 0.25) is 5.91 Å². The molecule has 3 heteroatoms. The maximum absolute atomic E-state index is 10.7. The van der Waals surface area contributed by atoms with E-state index in [1.807, 2.05) is 0 Å². The van der Waals surface area contributed by atoms with E-state index in [9.17, 15) is 4.79 Å². The first-order chi connectivity index (χ1) is 6.74. The summed E-state index contributed by atoms with van der Waals surface area (Å²) in [6.45, 7) is 4.49. The van der Waals surface area contributed by atoms with Gasteiger partial charge < -0.3 is 11.1 Å². The highest BCUT2D eigenvalue weighted by molar-refractivity contribution is 5.73. The van der Waals surface area contributed by atoms with E-state index < -0.39 is 0 Å². The zero-order valence-corrected chi connectivity index (χ0v) is 9.09. The lowest BCUT2D eigenvalue weighted by molar-refractivity contribution is -0.118. The second-order valence-corrected chi connectivity index (χ2v) is 4.26. The van der Waals surface area contributed by atoms with Crippen LogP contribution in [0.15, 0.2) is 0 Å². The maximum atomic E-state index is 10.7. The zero-order chi connectivity index (χ0) is 10.4. The molecule has 3 nitrogen and oxygen atoms in total. The van der Waals surface area contributed by atoms with Crippen molar-refractivity contribution in [1.82, 2.24) is 5.32 Å². The quantitative estimate of drug-likeness (QED) is 0.699. The van der Waals surface area contributed by atoms with Gasteiger partial charge in [0.25, 0.3) is 0 Å². The molecule has 0 aromatic rings. The van der Waals surface area contributed by atoms with Crippen LogP contribution in [0.5, 0.6) is 0 Å². The van der Waals surface area contributed by atoms with Crippen molar-refractivity contribution in [3.8, 4) is 0 Å². The number of rotatable bonds is 5. The van der Waals surface area contributed by atoms with Gasteiger partial charge in [-0.3, -0.25) is 4.79 Å². The molecule has 1 atom stereocenters. The molecule has 0 saturated carbocycles. The maximum Gasteiger partial charge on any atom is 0.217 e. The standard InChI is InChI=1S/C11H22N2O/c1-2-9(3-4-11(12)14)10-5-7-13-8-6-10/h9-10,13H,2-8H2,1H3,(H2,12,14). The summed E-state index contributed by atoms with van der Waals surface area (Å²) in [5.41, 5.74) is 5.17. The van der Waals surface area contributed by atoms with Crippen LogP contribution in [-0.4, -0.2) is 19.0 Å². The Morgan fingerprint density at radius 2 is 2.14 bits per heavy atom. The van der Waals surface area contributed by atoms with Crippen molar-refractivity contribution in [1.29, 1.82) is 0 Å². The van der Waals surface area contributed by atoms with E-state index in [4.69, 9.17) is 5.73 Å². The number of nitrogens with one attached hydrogen (secondary N) is 1. The van der Waals surface area contributed by atoms with Crippen LogP contribution in [0.3, 0.4) is 0 Å². The fourth-order valence-corrected chi connectivity index (χ4v) is 2.42. The number of piperidine rings is 1. The second kappa shape index (κ2) is 6.02. The molecule has 1 amide bonds. The fraction of sp³-hybridized carbons (Fsp3) is 0.909. The van der Waals surface area contributed by atoms with Gasteiger partial charge in [-0.25, -0.2) is 0 Å². The summed E-state index contributed by atoms with van der Waals surface area (Å²) in [5, 5.41) is 3.37. The fourth-order valence-electron chi connectivity index (χ4n) is 2.42. The highest BCUT2D eigenvalue weighted by atomic mass is 16.1. The Balaban J connectivity index is 2.31. The van der Waals surface area contributed by atoms with Crippen LogP contribution in [-0.2, 0) is 4.79 Å². The van der Waals surface area contributed by atoms with Crippen molar-refractivity contribution in [3.63, 3.8) is 0 Å². The smallest absolute Gasteiger partial charge is 0.217 e. The van der Waals surface area contributed by atoms with Crippen molar-refractivity contribution in [3.05, 3.63) is 0 Å². The van der Waals surface area contributed by atoms with Gasteiger partial charge in [0.15, 0.2) is 0 Å². The lowest BCUT2D eigenvalue weighted by Crippen LogP contribution is -2.31. The Morgan fingerprint density at radius 1 is 1.50 bits per heavy atom. The molecule has 0 radical (unpaired) electrons. The van der Waals surface area contributed by atoms with Crippen LogP contribution in [0.4, 0.5) is 0 Å². The van der Waals surface area contributed by atoms with Crippen molar-refractivity contribution < 1.29 is 4.79 Å². The van der Waals surface area contributed by atoms with Gasteiger partial charge in [0.05, 0.1) is 0 Å². The molecular formula is C11H22N2O. The first kappa shape index (κ1) is 11.5. The molecule has 0 aromatic carbocycles. The molecule has 14 heavy (non-hydrogen) atoms. The molecule has 1 rings (SSSR count). The summed E-state index contributed by atoms with van der Waals surface area (Å²) >= 11 is 0. The van der Waals surface area contributed by atoms with Crippen LogP contribution in [0, 0.1) is 11.8 Å². The summed E-state index contributed by atoms with van der Waals surface area (Å²) in [4.78, 5) is 10.7. The largest absolute Gasteiger partial charge is 0.370 e. The van der Waals surface area contributed by atoms with E-state index in [2.05, 4.69) is 12.2 Å². The minimum Gasteiger partial charge on any atom is -0.370 e. The summed E-state index contributed by atoms with van der Waals surface area (Å²) in [6, 6.07) is 0. The molecule has 0 aliphatic carbocycles. The third-order valence-corrected chi connectivity index (χ3v) is 3.34. The van der Waals surface area contributed by atoms with Crippen LogP contribution in [0.1, 0.15) is 39.0 Å². The number of hydrogen-bond acceptors (Lipinski definition) is 2. The van der Waals surface area contributed by atoms with Crippen molar-refractivity contribution >= 4 is 5.91 Å². The number of nitrogens with two attached hydrogens (primary N) is 1. The van der Waals surface area contributed by atoms with E-state index in [0.29, 0.717) is 12.3 Å². The predicted molar refractivity (Wildman–Crippen MR) is 57.8 cm³/mol. The lowest BCUT2D eigenvalue weighted by Gasteiger charge is -2.29. The van der Waals surface area contributed by atoms with Gasteiger partial charge in [0.1, 0.15) is 0 Å². The monoisotopic (exact) mass is 198 g/mol. The average molecular weight is 198 g/mol. The van der Waals surface area contributed by atoms with Gasteiger partial charge >= 0.3 is 0 Å². The van der Waals surface area contributed by atoms with E-state index in [1.165, 1.54) is 19.3 Å². The van der Waals surface area contributed by atoms with Gasteiger partial charge in [-0.1, -0.05) is 13.3 Å². The molecule has 1 aliphatic rings. The average Bonchev–Trinajstić information content (AvgIpc) is 2.20. The van der Waals surface area contributed by atoms with Crippen LogP contribution < -0.4 is 11.1 Å². The zero-order valence-electron chi connectivity index (χ0n) is 9.09. The summed E-state index contributed by atoms with van der Waals surface area (Å²) in [5.74, 6) is 1.35.